The summed E-state index contributed by atoms with van der Waals surface area (Å²) in [6.45, 7) is 4.59. The van der Waals surface area contributed by atoms with E-state index in [-0.39, 0.29) is 18.5 Å². The van der Waals surface area contributed by atoms with Crippen LogP contribution in [0.15, 0.2) is 35.3 Å². The fraction of sp³-hybridized carbons (Fsp3) is 0.667. The van der Waals surface area contributed by atoms with Crippen molar-refractivity contribution in [2.75, 3.05) is 33.7 Å². The Morgan fingerprint density at radius 3 is 2.40 bits per heavy atom. The van der Waals surface area contributed by atoms with Gasteiger partial charge in [-0.2, -0.15) is 0 Å². The molecular formula is C24H39N5O. The van der Waals surface area contributed by atoms with E-state index in [1.807, 2.05) is 18.2 Å². The Morgan fingerprint density at radius 2 is 1.77 bits per heavy atom. The molecule has 2 N–H and O–H groups in total. The normalized spacial score (nSPS) is 20.6. The van der Waals surface area contributed by atoms with E-state index in [1.165, 1.54) is 37.7 Å². The zero-order valence-electron chi connectivity index (χ0n) is 18.9. The molecule has 1 saturated carbocycles. The summed E-state index contributed by atoms with van der Waals surface area (Å²) in [7, 11) is 3.54. The summed E-state index contributed by atoms with van der Waals surface area (Å²) in [6.07, 6.45) is 9.17. The molecule has 166 valence electrons. The van der Waals surface area contributed by atoms with Crippen molar-refractivity contribution in [3.05, 3.63) is 35.9 Å². The fourth-order valence-corrected chi connectivity index (χ4v) is 4.50. The van der Waals surface area contributed by atoms with Gasteiger partial charge in [0.05, 0.1) is 6.04 Å². The SMILES string of the molecule is CC(NC(=NCC(=O)N(C)C)NC1CCN(C2CCCCC2)CC1)c1ccccc1. The highest BCUT2D eigenvalue weighted by atomic mass is 16.2. The predicted molar refractivity (Wildman–Crippen MR) is 124 cm³/mol. The molecule has 0 spiro atoms. The van der Waals surface area contributed by atoms with Gasteiger partial charge in [-0.3, -0.25) is 4.79 Å². The number of aliphatic imine (C=N–C) groups is 1. The topological polar surface area (TPSA) is 60.0 Å². The van der Waals surface area contributed by atoms with Crippen molar-refractivity contribution in [1.29, 1.82) is 0 Å². The third-order valence-corrected chi connectivity index (χ3v) is 6.49. The minimum atomic E-state index is 0.00980. The second kappa shape index (κ2) is 11.3. The van der Waals surface area contributed by atoms with E-state index in [4.69, 9.17) is 0 Å². The molecule has 1 aliphatic carbocycles. The van der Waals surface area contributed by atoms with Gasteiger partial charge in [-0.25, -0.2) is 4.99 Å². The maximum Gasteiger partial charge on any atom is 0.243 e. The number of amides is 1. The van der Waals surface area contributed by atoms with Gasteiger partial charge in [0.15, 0.2) is 5.96 Å². The van der Waals surface area contributed by atoms with Gasteiger partial charge >= 0.3 is 0 Å². The average molecular weight is 414 g/mol. The monoisotopic (exact) mass is 413 g/mol. The second-order valence-electron chi connectivity index (χ2n) is 8.98. The standard InChI is InChI=1S/C24H39N5O/c1-19(20-10-6-4-7-11-20)26-24(25-18-23(30)28(2)3)27-21-14-16-29(17-15-21)22-12-8-5-9-13-22/h4,6-7,10-11,19,21-22H,5,8-9,12-18H2,1-3H3,(H2,25,26,27). The molecule has 2 aliphatic rings. The van der Waals surface area contributed by atoms with E-state index >= 15 is 0 Å². The summed E-state index contributed by atoms with van der Waals surface area (Å²) in [5, 5.41) is 7.12. The molecule has 0 aromatic heterocycles. The second-order valence-corrected chi connectivity index (χ2v) is 8.98. The van der Waals surface area contributed by atoms with Gasteiger partial charge in [0.25, 0.3) is 0 Å². The Balaban J connectivity index is 1.57. The van der Waals surface area contributed by atoms with Crippen molar-refractivity contribution in [2.45, 2.75) is 70.0 Å². The number of carbonyl (C=O) groups excluding carboxylic acids is 1. The first-order chi connectivity index (χ1) is 14.5. The molecule has 1 aromatic carbocycles. The van der Waals surface area contributed by atoms with Crippen LogP contribution in [0.2, 0.25) is 0 Å². The fourth-order valence-electron chi connectivity index (χ4n) is 4.50. The number of rotatable bonds is 6. The predicted octanol–water partition coefficient (Wildman–Crippen LogP) is 3.17. The summed E-state index contributed by atoms with van der Waals surface area (Å²) in [5.41, 5.74) is 1.21. The number of benzene rings is 1. The number of likely N-dealkylation sites (tertiary alicyclic amines) is 1. The molecule has 2 fully saturated rings. The van der Waals surface area contributed by atoms with E-state index in [1.54, 1.807) is 19.0 Å². The van der Waals surface area contributed by atoms with Gasteiger partial charge in [0.2, 0.25) is 5.91 Å². The van der Waals surface area contributed by atoms with Crippen molar-refractivity contribution < 1.29 is 4.79 Å². The van der Waals surface area contributed by atoms with Crippen molar-refractivity contribution in [1.82, 2.24) is 20.4 Å². The molecule has 1 aromatic rings. The number of carbonyl (C=O) groups is 1. The molecule has 1 aliphatic heterocycles. The van der Waals surface area contributed by atoms with E-state index in [0.29, 0.717) is 6.04 Å². The number of nitrogens with one attached hydrogen (secondary N) is 2. The van der Waals surface area contributed by atoms with Gasteiger partial charge in [-0.15, -0.1) is 0 Å². The summed E-state index contributed by atoms with van der Waals surface area (Å²) in [5.74, 6) is 0.744. The zero-order valence-corrected chi connectivity index (χ0v) is 18.9. The van der Waals surface area contributed by atoms with Crippen LogP contribution in [0.1, 0.15) is 63.5 Å². The van der Waals surface area contributed by atoms with Crippen LogP contribution in [0, 0.1) is 0 Å². The number of nitrogens with zero attached hydrogens (tertiary/aromatic N) is 3. The third kappa shape index (κ3) is 6.73. The van der Waals surface area contributed by atoms with Crippen LogP contribution in [0.3, 0.4) is 0 Å². The van der Waals surface area contributed by atoms with E-state index in [2.05, 4.69) is 39.6 Å². The molecule has 0 radical (unpaired) electrons. The van der Waals surface area contributed by atoms with Crippen molar-refractivity contribution in [3.8, 4) is 0 Å². The number of hydrogen-bond donors (Lipinski definition) is 2. The first kappa shape index (κ1) is 22.6. The zero-order chi connectivity index (χ0) is 21.3. The highest BCUT2D eigenvalue weighted by molar-refractivity contribution is 5.85. The molecule has 1 saturated heterocycles. The highest BCUT2D eigenvalue weighted by Crippen LogP contribution is 2.25. The Morgan fingerprint density at radius 1 is 1.10 bits per heavy atom. The maximum atomic E-state index is 12.1. The van der Waals surface area contributed by atoms with Gasteiger partial charge in [0.1, 0.15) is 6.54 Å². The summed E-state index contributed by atoms with van der Waals surface area (Å²) in [6, 6.07) is 11.7. The number of guanidine groups is 1. The van der Waals surface area contributed by atoms with Crippen LogP contribution >= 0.6 is 0 Å². The van der Waals surface area contributed by atoms with Gasteiger partial charge in [0, 0.05) is 39.3 Å². The van der Waals surface area contributed by atoms with Crippen LogP contribution in [-0.2, 0) is 4.79 Å². The maximum absolute atomic E-state index is 12.1. The van der Waals surface area contributed by atoms with E-state index < -0.39 is 0 Å². The molecule has 3 rings (SSSR count). The first-order valence-corrected chi connectivity index (χ1v) is 11.6. The van der Waals surface area contributed by atoms with Gasteiger partial charge in [-0.05, 0) is 38.2 Å². The van der Waals surface area contributed by atoms with Gasteiger partial charge in [-0.1, -0.05) is 49.6 Å². The first-order valence-electron chi connectivity index (χ1n) is 11.6. The lowest BCUT2D eigenvalue weighted by molar-refractivity contribution is -0.127. The van der Waals surface area contributed by atoms with Crippen LogP contribution < -0.4 is 10.6 Å². The minimum Gasteiger partial charge on any atom is -0.354 e. The number of piperidine rings is 1. The molecule has 30 heavy (non-hydrogen) atoms. The number of likely N-dealkylation sites (N-methyl/N-ethyl adjacent to an activating group) is 1. The lowest BCUT2D eigenvalue weighted by Crippen LogP contribution is -2.51. The third-order valence-electron chi connectivity index (χ3n) is 6.49. The highest BCUT2D eigenvalue weighted by Gasteiger charge is 2.26. The molecule has 1 atom stereocenters. The Labute approximate surface area is 182 Å². The quantitative estimate of drug-likeness (QED) is 0.556. The van der Waals surface area contributed by atoms with Gasteiger partial charge < -0.3 is 20.4 Å². The van der Waals surface area contributed by atoms with Crippen LogP contribution in [0.5, 0.6) is 0 Å². The van der Waals surface area contributed by atoms with Crippen LogP contribution in [0.4, 0.5) is 0 Å². The smallest absolute Gasteiger partial charge is 0.243 e. The van der Waals surface area contributed by atoms with Crippen molar-refractivity contribution in [3.63, 3.8) is 0 Å². The van der Waals surface area contributed by atoms with E-state index in [9.17, 15) is 4.79 Å². The number of hydrogen-bond acceptors (Lipinski definition) is 3. The van der Waals surface area contributed by atoms with Crippen LogP contribution in [0.25, 0.3) is 0 Å². The van der Waals surface area contributed by atoms with Crippen LogP contribution in [-0.4, -0.2) is 67.5 Å². The summed E-state index contributed by atoms with van der Waals surface area (Å²) >= 11 is 0. The molecule has 1 unspecified atom stereocenters. The van der Waals surface area contributed by atoms with Crippen molar-refractivity contribution >= 4 is 11.9 Å². The Kier molecular flexibility index (Phi) is 8.55. The molecule has 6 nitrogen and oxygen atoms in total. The lowest BCUT2D eigenvalue weighted by Gasteiger charge is -2.39. The summed E-state index contributed by atoms with van der Waals surface area (Å²) in [4.78, 5) is 21.0. The minimum absolute atomic E-state index is 0.00980. The summed E-state index contributed by atoms with van der Waals surface area (Å²) < 4.78 is 0. The molecule has 1 amide bonds. The van der Waals surface area contributed by atoms with E-state index in [0.717, 1.165) is 37.9 Å². The Hall–Kier alpha value is -2.08. The molecular weight excluding hydrogens is 374 g/mol. The average Bonchev–Trinajstić information content (AvgIpc) is 2.78. The largest absolute Gasteiger partial charge is 0.354 e. The molecule has 1 heterocycles. The van der Waals surface area contributed by atoms with Crippen molar-refractivity contribution in [2.24, 2.45) is 4.99 Å². The Bertz CT molecular complexity index is 676. The molecule has 0 bridgehead atoms. The molecule has 6 heteroatoms. The lowest BCUT2D eigenvalue weighted by atomic mass is 9.92.